The van der Waals surface area contributed by atoms with Gasteiger partial charge in [0, 0.05) is 18.3 Å². The maximum atomic E-state index is 12.3. The predicted octanol–water partition coefficient (Wildman–Crippen LogP) is 5.55. The van der Waals surface area contributed by atoms with Crippen LogP contribution in [-0.2, 0) is 4.79 Å². The zero-order valence-corrected chi connectivity index (χ0v) is 21.0. The van der Waals surface area contributed by atoms with Crippen molar-refractivity contribution in [2.75, 3.05) is 13.2 Å². The molecular formula is C29H29N3O5. The maximum Gasteiger partial charge on any atom is 0.305 e. The van der Waals surface area contributed by atoms with Crippen LogP contribution in [0.1, 0.15) is 34.8 Å². The summed E-state index contributed by atoms with van der Waals surface area (Å²) in [4.78, 5) is 22.9. The van der Waals surface area contributed by atoms with Gasteiger partial charge in [0.2, 0.25) is 5.88 Å². The van der Waals surface area contributed by atoms with E-state index in [2.05, 4.69) is 5.32 Å². The molecule has 0 fully saturated rings. The second-order valence-corrected chi connectivity index (χ2v) is 8.59. The molecular weight excluding hydrogens is 470 g/mol. The fourth-order valence-corrected chi connectivity index (χ4v) is 3.74. The molecule has 0 atom stereocenters. The van der Waals surface area contributed by atoms with E-state index in [1.165, 1.54) is 0 Å². The molecule has 8 heteroatoms. The molecule has 4 rings (SSSR count). The molecule has 0 bridgehead atoms. The third-order valence-electron chi connectivity index (χ3n) is 5.66. The van der Waals surface area contributed by atoms with E-state index in [-0.39, 0.29) is 18.9 Å². The number of nitrogens with zero attached hydrogens (tertiary/aromatic N) is 2. The maximum absolute atomic E-state index is 12.3. The number of nitrogens with one attached hydrogen (secondary N) is 1. The molecule has 8 nitrogen and oxygen atoms in total. The van der Waals surface area contributed by atoms with E-state index in [9.17, 15) is 9.59 Å². The van der Waals surface area contributed by atoms with Gasteiger partial charge in [0.15, 0.2) is 0 Å². The fraction of sp³-hybridized carbons (Fsp3) is 0.207. The Balaban J connectivity index is 1.65. The Morgan fingerprint density at radius 1 is 0.973 bits per heavy atom. The third-order valence-corrected chi connectivity index (χ3v) is 5.66. The molecule has 1 heterocycles. The minimum atomic E-state index is -0.966. The summed E-state index contributed by atoms with van der Waals surface area (Å²) in [6.07, 6.45) is 1.78. The van der Waals surface area contributed by atoms with Gasteiger partial charge >= 0.3 is 5.97 Å². The molecule has 2 N–H and O–H groups in total. The van der Waals surface area contributed by atoms with Gasteiger partial charge in [-0.3, -0.25) is 9.59 Å². The standard InChI is InChI=1S/C29H29N3O5/c1-4-36-26-14-7-20(3)17-25(26)32-18-24(21-8-5-19(2)6-9-21)29(31-32)37-23-12-10-22(11-13-23)28(35)30-16-15-27(33)34/h5-14,17-18H,4,15-16H2,1-3H3,(H,30,35)(H,33,34). The Morgan fingerprint density at radius 3 is 2.35 bits per heavy atom. The molecule has 190 valence electrons. The van der Waals surface area contributed by atoms with Gasteiger partial charge in [-0.05, 0) is 68.3 Å². The van der Waals surface area contributed by atoms with Gasteiger partial charge in [0.05, 0.1) is 18.6 Å². The van der Waals surface area contributed by atoms with Gasteiger partial charge in [-0.15, -0.1) is 5.10 Å². The van der Waals surface area contributed by atoms with Gasteiger partial charge in [-0.25, -0.2) is 4.68 Å². The average molecular weight is 500 g/mol. The molecule has 0 aliphatic rings. The summed E-state index contributed by atoms with van der Waals surface area (Å²) in [5, 5.41) is 16.1. The summed E-state index contributed by atoms with van der Waals surface area (Å²) in [7, 11) is 0. The number of benzene rings is 3. The molecule has 0 saturated heterocycles. The summed E-state index contributed by atoms with van der Waals surface area (Å²) in [5.74, 6) is 0.324. The van der Waals surface area contributed by atoms with Crippen molar-refractivity contribution in [1.82, 2.24) is 15.1 Å². The quantitative estimate of drug-likeness (QED) is 0.297. The highest BCUT2D eigenvalue weighted by Crippen LogP contribution is 2.35. The van der Waals surface area contributed by atoms with Gasteiger partial charge < -0.3 is 19.9 Å². The largest absolute Gasteiger partial charge is 0.492 e. The summed E-state index contributed by atoms with van der Waals surface area (Å²) >= 11 is 0. The molecule has 37 heavy (non-hydrogen) atoms. The van der Waals surface area contributed by atoms with Crippen LogP contribution in [-0.4, -0.2) is 39.9 Å². The number of hydrogen-bond acceptors (Lipinski definition) is 5. The molecule has 0 spiro atoms. The number of amides is 1. The van der Waals surface area contributed by atoms with Crippen molar-refractivity contribution in [1.29, 1.82) is 0 Å². The van der Waals surface area contributed by atoms with E-state index in [0.717, 1.165) is 33.7 Å². The van der Waals surface area contributed by atoms with Crippen LogP contribution in [0.4, 0.5) is 0 Å². The lowest BCUT2D eigenvalue weighted by Gasteiger charge is -2.11. The first-order chi connectivity index (χ1) is 17.8. The Kier molecular flexibility index (Phi) is 7.88. The number of aromatic nitrogens is 2. The van der Waals surface area contributed by atoms with Crippen molar-refractivity contribution in [2.24, 2.45) is 0 Å². The van der Waals surface area contributed by atoms with Crippen molar-refractivity contribution in [3.63, 3.8) is 0 Å². The Morgan fingerprint density at radius 2 is 1.68 bits per heavy atom. The molecule has 0 aliphatic carbocycles. The van der Waals surface area contributed by atoms with Crippen LogP contribution in [0, 0.1) is 13.8 Å². The van der Waals surface area contributed by atoms with Crippen LogP contribution in [0.3, 0.4) is 0 Å². The number of rotatable bonds is 10. The van der Waals surface area contributed by atoms with Crippen molar-refractivity contribution < 1.29 is 24.2 Å². The van der Waals surface area contributed by atoms with Crippen LogP contribution in [0.25, 0.3) is 16.8 Å². The first kappa shape index (κ1) is 25.5. The van der Waals surface area contributed by atoms with Crippen molar-refractivity contribution in [3.05, 3.63) is 89.6 Å². The molecule has 1 amide bonds. The summed E-state index contributed by atoms with van der Waals surface area (Å²) < 4.78 is 13.8. The lowest BCUT2D eigenvalue weighted by atomic mass is 10.1. The fourth-order valence-electron chi connectivity index (χ4n) is 3.74. The molecule has 0 radical (unpaired) electrons. The van der Waals surface area contributed by atoms with Gasteiger partial charge in [0.1, 0.15) is 17.2 Å². The van der Waals surface area contributed by atoms with Crippen LogP contribution in [0.15, 0.2) is 72.9 Å². The zero-order valence-electron chi connectivity index (χ0n) is 21.0. The highest BCUT2D eigenvalue weighted by Gasteiger charge is 2.17. The topological polar surface area (TPSA) is 103 Å². The van der Waals surface area contributed by atoms with E-state index in [4.69, 9.17) is 19.7 Å². The second kappa shape index (κ2) is 11.4. The highest BCUT2D eigenvalue weighted by molar-refractivity contribution is 5.94. The monoisotopic (exact) mass is 499 g/mol. The highest BCUT2D eigenvalue weighted by atomic mass is 16.5. The molecule has 0 unspecified atom stereocenters. The lowest BCUT2D eigenvalue weighted by Crippen LogP contribution is -2.25. The van der Waals surface area contributed by atoms with Crippen molar-refractivity contribution in [2.45, 2.75) is 27.2 Å². The molecule has 1 aromatic heterocycles. The first-order valence-electron chi connectivity index (χ1n) is 12.0. The van der Waals surface area contributed by atoms with Crippen LogP contribution in [0.2, 0.25) is 0 Å². The number of ether oxygens (including phenoxy) is 2. The number of carbonyl (C=O) groups is 2. The second-order valence-electron chi connectivity index (χ2n) is 8.59. The Hall–Kier alpha value is -4.59. The normalized spacial score (nSPS) is 10.7. The van der Waals surface area contributed by atoms with E-state index in [1.807, 2.05) is 69.4 Å². The number of hydrogen-bond donors (Lipinski definition) is 2. The van der Waals surface area contributed by atoms with E-state index < -0.39 is 5.97 Å². The zero-order chi connectivity index (χ0) is 26.4. The Labute approximate surface area is 215 Å². The van der Waals surface area contributed by atoms with E-state index in [0.29, 0.717) is 23.8 Å². The minimum Gasteiger partial charge on any atom is -0.492 e. The lowest BCUT2D eigenvalue weighted by molar-refractivity contribution is -0.136. The van der Waals surface area contributed by atoms with E-state index >= 15 is 0 Å². The smallest absolute Gasteiger partial charge is 0.305 e. The number of carboxylic acid groups (broad SMARTS) is 1. The van der Waals surface area contributed by atoms with Gasteiger partial charge in [-0.1, -0.05) is 35.9 Å². The molecule has 0 saturated carbocycles. The van der Waals surface area contributed by atoms with Crippen LogP contribution < -0.4 is 14.8 Å². The summed E-state index contributed by atoms with van der Waals surface area (Å²) in [5.41, 5.74) is 5.19. The van der Waals surface area contributed by atoms with Gasteiger partial charge in [0.25, 0.3) is 5.91 Å². The molecule has 4 aromatic rings. The van der Waals surface area contributed by atoms with Crippen LogP contribution >= 0.6 is 0 Å². The average Bonchev–Trinajstić information content (AvgIpc) is 3.29. The summed E-state index contributed by atoms with van der Waals surface area (Å²) in [6.45, 7) is 6.58. The van der Waals surface area contributed by atoms with E-state index in [1.54, 1.807) is 28.9 Å². The predicted molar refractivity (Wildman–Crippen MR) is 141 cm³/mol. The number of aryl methyl sites for hydroxylation is 2. The summed E-state index contributed by atoms with van der Waals surface area (Å²) in [6, 6.07) is 20.7. The number of aliphatic carboxylic acids is 1. The number of carboxylic acids is 1. The Bertz CT molecular complexity index is 1390. The van der Waals surface area contributed by atoms with Crippen molar-refractivity contribution in [3.8, 4) is 34.2 Å². The van der Waals surface area contributed by atoms with Gasteiger partial charge in [-0.2, -0.15) is 0 Å². The first-order valence-corrected chi connectivity index (χ1v) is 12.0. The SMILES string of the molecule is CCOc1ccc(C)cc1-n1cc(-c2ccc(C)cc2)c(Oc2ccc(C(=O)NCCC(=O)O)cc2)n1. The molecule has 0 aliphatic heterocycles. The third kappa shape index (κ3) is 6.35. The number of carbonyl (C=O) groups excluding carboxylic acids is 1. The van der Waals surface area contributed by atoms with Crippen molar-refractivity contribution >= 4 is 11.9 Å². The minimum absolute atomic E-state index is 0.0620. The van der Waals surface area contributed by atoms with Crippen LogP contribution in [0.5, 0.6) is 17.4 Å². The molecule has 3 aromatic carbocycles.